The summed E-state index contributed by atoms with van der Waals surface area (Å²) in [5.74, 6) is -0.0910. The number of rotatable bonds is 5. The molecule has 1 saturated heterocycles. The molecule has 0 spiro atoms. The Morgan fingerprint density at radius 3 is 2.84 bits per heavy atom. The summed E-state index contributed by atoms with van der Waals surface area (Å²) in [4.78, 5) is 19.3. The van der Waals surface area contributed by atoms with Crippen LogP contribution in [0.15, 0.2) is 40.2 Å². The van der Waals surface area contributed by atoms with Gasteiger partial charge in [-0.15, -0.1) is 0 Å². The maximum Gasteiger partial charge on any atom is 0.241 e. The summed E-state index contributed by atoms with van der Waals surface area (Å²) in [7, 11) is 0. The fourth-order valence-electron chi connectivity index (χ4n) is 4.85. The van der Waals surface area contributed by atoms with E-state index < -0.39 is 0 Å². The molecule has 2 aliphatic heterocycles. The minimum atomic E-state index is -0.264. The van der Waals surface area contributed by atoms with Crippen LogP contribution in [0.1, 0.15) is 52.5 Å². The van der Waals surface area contributed by atoms with E-state index in [4.69, 9.17) is 0 Å². The van der Waals surface area contributed by atoms with Crippen LogP contribution in [0.25, 0.3) is 0 Å². The number of hydrogen-bond donors (Lipinski definition) is 1. The van der Waals surface area contributed by atoms with E-state index in [1.54, 1.807) is 6.07 Å². The van der Waals surface area contributed by atoms with E-state index in [-0.39, 0.29) is 17.1 Å². The second-order valence-corrected chi connectivity index (χ2v) is 10.8. The standard InChI is InChI=1S/C25H34FN3OS/c1-5-18-13-27-17(2)14-28(18)15-24(30)29-16-25(3,4)20-11-21(26)23(12-22(20)29)31-19-9-7-6-8-10-19/h7,9-12,17-18,27H,5-6,8,13-16H2,1-4H3/t17-,18+/m1/s1. The maximum absolute atomic E-state index is 15.0. The summed E-state index contributed by atoms with van der Waals surface area (Å²) in [6, 6.07) is 4.30. The van der Waals surface area contributed by atoms with Crippen molar-refractivity contribution in [3.63, 3.8) is 0 Å². The van der Waals surface area contributed by atoms with Crippen molar-refractivity contribution in [1.29, 1.82) is 0 Å². The molecule has 4 rings (SSSR count). The van der Waals surface area contributed by atoms with Gasteiger partial charge in [-0.25, -0.2) is 4.39 Å². The van der Waals surface area contributed by atoms with Crippen LogP contribution in [-0.2, 0) is 10.2 Å². The molecule has 168 valence electrons. The Labute approximate surface area is 189 Å². The van der Waals surface area contributed by atoms with Crippen LogP contribution >= 0.6 is 11.8 Å². The number of carbonyl (C=O) groups excluding carboxylic acids is 1. The number of anilines is 1. The summed E-state index contributed by atoms with van der Waals surface area (Å²) in [5.41, 5.74) is 1.53. The highest BCUT2D eigenvalue weighted by atomic mass is 32.2. The molecule has 0 unspecified atom stereocenters. The third-order valence-corrected chi connectivity index (χ3v) is 7.72. The zero-order valence-corrected chi connectivity index (χ0v) is 19.9. The van der Waals surface area contributed by atoms with Gasteiger partial charge in [0.15, 0.2) is 0 Å². The van der Waals surface area contributed by atoms with Gasteiger partial charge in [0.1, 0.15) is 5.82 Å². The monoisotopic (exact) mass is 443 g/mol. The van der Waals surface area contributed by atoms with E-state index >= 15 is 0 Å². The molecule has 1 aromatic rings. The van der Waals surface area contributed by atoms with Crippen LogP contribution in [0, 0.1) is 5.82 Å². The van der Waals surface area contributed by atoms with Gasteiger partial charge in [-0.2, -0.15) is 0 Å². The van der Waals surface area contributed by atoms with Crippen LogP contribution in [0.3, 0.4) is 0 Å². The lowest BCUT2D eigenvalue weighted by atomic mass is 9.87. The van der Waals surface area contributed by atoms with Crippen molar-refractivity contribution in [2.75, 3.05) is 31.1 Å². The van der Waals surface area contributed by atoms with E-state index in [1.165, 1.54) is 11.8 Å². The largest absolute Gasteiger partial charge is 0.311 e. The Balaban J connectivity index is 1.59. The first-order valence-electron chi connectivity index (χ1n) is 11.4. The van der Waals surface area contributed by atoms with Crippen molar-refractivity contribution in [2.45, 2.75) is 69.4 Å². The molecule has 3 aliphatic rings. The van der Waals surface area contributed by atoms with Gasteiger partial charge in [-0.05, 0) is 43.9 Å². The van der Waals surface area contributed by atoms with Crippen molar-refractivity contribution in [3.8, 4) is 0 Å². The molecule has 4 nitrogen and oxygen atoms in total. The smallest absolute Gasteiger partial charge is 0.241 e. The molecule has 1 aromatic carbocycles. The highest BCUT2D eigenvalue weighted by Crippen LogP contribution is 2.44. The SMILES string of the molecule is CC[C@H]1CN[C@H](C)CN1CC(=O)N1CC(C)(C)c2cc(F)c(SC3=CCCC=C3)cc21. The van der Waals surface area contributed by atoms with Gasteiger partial charge in [-0.1, -0.05) is 50.8 Å². The van der Waals surface area contributed by atoms with E-state index in [9.17, 15) is 9.18 Å². The summed E-state index contributed by atoms with van der Waals surface area (Å²) >= 11 is 1.45. The summed E-state index contributed by atoms with van der Waals surface area (Å²) in [6.07, 6.45) is 9.39. The van der Waals surface area contributed by atoms with Crippen molar-refractivity contribution in [2.24, 2.45) is 0 Å². The number of fused-ring (bicyclic) bond motifs is 1. The van der Waals surface area contributed by atoms with Crippen molar-refractivity contribution in [1.82, 2.24) is 10.2 Å². The molecule has 2 atom stereocenters. The second kappa shape index (κ2) is 9.08. The molecule has 1 fully saturated rings. The average molecular weight is 444 g/mol. The number of allylic oxidation sites excluding steroid dienone is 3. The van der Waals surface area contributed by atoms with Gasteiger partial charge in [-0.3, -0.25) is 9.69 Å². The molecule has 1 aliphatic carbocycles. The second-order valence-electron chi connectivity index (χ2n) is 9.65. The lowest BCUT2D eigenvalue weighted by Crippen LogP contribution is -2.57. The number of nitrogens with one attached hydrogen (secondary N) is 1. The van der Waals surface area contributed by atoms with Gasteiger partial charge >= 0.3 is 0 Å². The first kappa shape index (κ1) is 22.6. The first-order valence-corrected chi connectivity index (χ1v) is 12.3. The topological polar surface area (TPSA) is 35.6 Å². The number of benzene rings is 1. The molecule has 0 aromatic heterocycles. The van der Waals surface area contributed by atoms with Gasteiger partial charge in [0.25, 0.3) is 0 Å². The molecule has 0 saturated carbocycles. The Hall–Kier alpha value is -1.63. The van der Waals surface area contributed by atoms with Crippen LogP contribution in [0.4, 0.5) is 10.1 Å². The highest BCUT2D eigenvalue weighted by molar-refractivity contribution is 8.03. The highest BCUT2D eigenvalue weighted by Gasteiger charge is 2.40. The number of amides is 1. The molecule has 0 bridgehead atoms. The minimum absolute atomic E-state index is 0.110. The zero-order chi connectivity index (χ0) is 22.2. The maximum atomic E-state index is 15.0. The van der Waals surface area contributed by atoms with Crippen LogP contribution in [0.5, 0.6) is 0 Å². The summed E-state index contributed by atoms with van der Waals surface area (Å²) < 4.78 is 15.0. The molecule has 31 heavy (non-hydrogen) atoms. The molecule has 1 amide bonds. The van der Waals surface area contributed by atoms with Gasteiger partial charge in [0.2, 0.25) is 5.91 Å². The lowest BCUT2D eigenvalue weighted by Gasteiger charge is -2.39. The fourth-order valence-corrected chi connectivity index (χ4v) is 5.80. The fraction of sp³-hybridized carbons (Fsp3) is 0.560. The zero-order valence-electron chi connectivity index (χ0n) is 19.1. The Kier molecular flexibility index (Phi) is 6.61. The summed E-state index contributed by atoms with van der Waals surface area (Å²) in [6.45, 7) is 11.3. The van der Waals surface area contributed by atoms with Crippen molar-refractivity contribution < 1.29 is 9.18 Å². The van der Waals surface area contributed by atoms with Crippen LogP contribution < -0.4 is 10.2 Å². The predicted molar refractivity (Wildman–Crippen MR) is 127 cm³/mol. The van der Waals surface area contributed by atoms with Crippen molar-refractivity contribution in [3.05, 3.63) is 46.6 Å². The van der Waals surface area contributed by atoms with Gasteiger partial charge in [0, 0.05) is 47.7 Å². The van der Waals surface area contributed by atoms with E-state index in [0.29, 0.717) is 30.1 Å². The molecule has 2 heterocycles. The predicted octanol–water partition coefficient (Wildman–Crippen LogP) is 4.85. The molecule has 1 N–H and O–H groups in total. The quantitative estimate of drug-likeness (QED) is 0.706. The molecule has 6 heteroatoms. The molecular formula is C25H34FN3OS. The molecular weight excluding hydrogens is 409 g/mol. The van der Waals surface area contributed by atoms with E-state index in [1.807, 2.05) is 11.0 Å². The first-order chi connectivity index (χ1) is 14.8. The van der Waals surface area contributed by atoms with E-state index in [2.05, 4.69) is 56.1 Å². The Bertz CT molecular complexity index is 910. The summed E-state index contributed by atoms with van der Waals surface area (Å²) in [5, 5.41) is 3.52. The third-order valence-electron chi connectivity index (χ3n) is 6.65. The van der Waals surface area contributed by atoms with Crippen molar-refractivity contribution >= 4 is 23.4 Å². The van der Waals surface area contributed by atoms with Crippen LogP contribution in [0.2, 0.25) is 0 Å². The minimum Gasteiger partial charge on any atom is -0.311 e. The van der Waals surface area contributed by atoms with E-state index in [0.717, 1.165) is 48.5 Å². The third kappa shape index (κ3) is 4.76. The van der Waals surface area contributed by atoms with Gasteiger partial charge in [0.05, 0.1) is 11.4 Å². The number of halogens is 1. The number of piperazine rings is 1. The number of thioether (sulfide) groups is 1. The lowest BCUT2D eigenvalue weighted by molar-refractivity contribution is -0.120. The molecule has 0 radical (unpaired) electrons. The van der Waals surface area contributed by atoms with Crippen LogP contribution in [-0.4, -0.2) is 49.1 Å². The Morgan fingerprint density at radius 1 is 1.32 bits per heavy atom. The average Bonchev–Trinajstić information content (AvgIpc) is 2.99. The number of hydrogen-bond acceptors (Lipinski definition) is 4. The van der Waals surface area contributed by atoms with Gasteiger partial charge < -0.3 is 10.2 Å². The normalized spacial score (nSPS) is 25.5. The number of carbonyl (C=O) groups is 1. The number of nitrogens with zero attached hydrogens (tertiary/aromatic N) is 2. The Morgan fingerprint density at radius 2 is 2.13 bits per heavy atom.